The minimum absolute atomic E-state index is 0.0236. The predicted octanol–water partition coefficient (Wildman–Crippen LogP) is 3.70. The summed E-state index contributed by atoms with van der Waals surface area (Å²) in [7, 11) is 0. The molecule has 0 radical (unpaired) electrons. The summed E-state index contributed by atoms with van der Waals surface area (Å²) >= 11 is 0. The average Bonchev–Trinajstić information content (AvgIpc) is 3.51. The summed E-state index contributed by atoms with van der Waals surface area (Å²) in [4.78, 5) is 37.1. The third kappa shape index (κ3) is 2.73. The van der Waals surface area contributed by atoms with E-state index in [2.05, 4.69) is 17.3 Å². The number of carbonyl (C=O) groups is 2. The van der Waals surface area contributed by atoms with Gasteiger partial charge < -0.3 is 4.57 Å². The molecule has 3 fully saturated rings. The zero-order valence-electron chi connectivity index (χ0n) is 18.6. The van der Waals surface area contributed by atoms with Gasteiger partial charge >= 0.3 is 0 Å². The van der Waals surface area contributed by atoms with Crippen LogP contribution < -0.4 is 0 Å². The number of imide groups is 1. The van der Waals surface area contributed by atoms with Gasteiger partial charge in [0.1, 0.15) is 0 Å². The number of allylic oxidation sites excluding steroid dienone is 2. The van der Waals surface area contributed by atoms with Crippen LogP contribution in [0.2, 0.25) is 0 Å². The minimum Gasteiger partial charge on any atom is -0.317 e. The van der Waals surface area contributed by atoms with E-state index in [4.69, 9.17) is 0 Å². The van der Waals surface area contributed by atoms with E-state index in [1.165, 1.54) is 6.07 Å². The van der Waals surface area contributed by atoms with Crippen LogP contribution in [-0.4, -0.2) is 32.5 Å². The first-order valence-electron chi connectivity index (χ1n) is 11.3. The lowest BCUT2D eigenvalue weighted by Gasteiger charge is -2.37. The van der Waals surface area contributed by atoms with Crippen molar-refractivity contribution in [3.63, 3.8) is 0 Å². The molecule has 6 atom stereocenters. The van der Waals surface area contributed by atoms with Gasteiger partial charge in [-0.1, -0.05) is 18.2 Å². The molecule has 2 saturated carbocycles. The highest BCUT2D eigenvalue weighted by Gasteiger charge is 2.67. The van der Waals surface area contributed by atoms with E-state index in [0.29, 0.717) is 11.8 Å². The van der Waals surface area contributed by atoms with Crippen molar-refractivity contribution in [2.24, 2.45) is 40.6 Å². The number of carbonyl (C=O) groups excluding carboxylic acids is 2. The molecule has 1 aliphatic heterocycles. The van der Waals surface area contributed by atoms with Gasteiger partial charge in [0.25, 0.3) is 17.5 Å². The Morgan fingerprint density at radius 1 is 1.03 bits per heavy atom. The van der Waals surface area contributed by atoms with Gasteiger partial charge in [-0.25, -0.2) is 0 Å². The van der Waals surface area contributed by atoms with Crippen molar-refractivity contribution in [1.82, 2.24) is 9.58 Å². The summed E-state index contributed by atoms with van der Waals surface area (Å²) < 4.78 is 1.94. The second-order valence-electron chi connectivity index (χ2n) is 9.78. The van der Waals surface area contributed by atoms with Crippen molar-refractivity contribution in [3.05, 3.63) is 69.0 Å². The molecule has 1 saturated heterocycles. The van der Waals surface area contributed by atoms with Gasteiger partial charge in [0.05, 0.1) is 28.7 Å². The van der Waals surface area contributed by atoms with Crippen molar-refractivity contribution in [2.45, 2.75) is 27.2 Å². The summed E-state index contributed by atoms with van der Waals surface area (Å²) in [5.74, 6) is 0.537. The lowest BCUT2D eigenvalue weighted by molar-refractivity contribution is -0.384. The Hall–Kier alpha value is -3.55. The lowest BCUT2D eigenvalue weighted by Crippen LogP contribution is -2.40. The van der Waals surface area contributed by atoms with Crippen LogP contribution >= 0.6 is 0 Å². The van der Waals surface area contributed by atoms with Crippen LogP contribution in [0.5, 0.6) is 0 Å². The maximum atomic E-state index is 13.1. The Morgan fingerprint density at radius 2 is 1.67 bits per heavy atom. The Labute approximate surface area is 190 Å². The van der Waals surface area contributed by atoms with E-state index in [9.17, 15) is 19.7 Å². The Morgan fingerprint density at radius 3 is 2.27 bits per heavy atom. The van der Waals surface area contributed by atoms with Gasteiger partial charge in [-0.2, -0.15) is 10.1 Å². The molecule has 0 spiro atoms. The van der Waals surface area contributed by atoms with Crippen molar-refractivity contribution in [2.75, 3.05) is 0 Å². The van der Waals surface area contributed by atoms with E-state index in [0.717, 1.165) is 39.6 Å². The van der Waals surface area contributed by atoms with Crippen molar-refractivity contribution < 1.29 is 14.5 Å². The van der Waals surface area contributed by atoms with Gasteiger partial charge in [-0.05, 0) is 62.5 Å². The van der Waals surface area contributed by atoms with Gasteiger partial charge in [0.15, 0.2) is 0 Å². The second-order valence-corrected chi connectivity index (χ2v) is 9.78. The Bertz CT molecular complexity index is 1270. The Kier molecular flexibility index (Phi) is 4.09. The molecule has 1 aromatic carbocycles. The van der Waals surface area contributed by atoms with E-state index >= 15 is 0 Å². The quantitative estimate of drug-likeness (QED) is 0.236. The molecule has 0 N–H and O–H groups in total. The molecule has 8 heteroatoms. The van der Waals surface area contributed by atoms with Crippen molar-refractivity contribution in [1.29, 1.82) is 0 Å². The highest BCUT2D eigenvalue weighted by atomic mass is 16.6. The van der Waals surface area contributed by atoms with E-state index < -0.39 is 4.92 Å². The highest BCUT2D eigenvalue weighted by molar-refractivity contribution is 6.06. The number of rotatable bonds is 4. The maximum absolute atomic E-state index is 13.1. The van der Waals surface area contributed by atoms with Gasteiger partial charge in [0.2, 0.25) is 0 Å². The van der Waals surface area contributed by atoms with Crippen LogP contribution in [0, 0.1) is 66.4 Å². The molecule has 2 heterocycles. The first-order chi connectivity index (χ1) is 15.8. The molecule has 33 heavy (non-hydrogen) atoms. The van der Waals surface area contributed by atoms with Gasteiger partial charge in [-0.15, -0.1) is 0 Å². The molecule has 5 aliphatic rings. The minimum atomic E-state index is -0.407. The number of hydrogen-bond donors (Lipinski definition) is 0. The van der Waals surface area contributed by atoms with E-state index in [-0.39, 0.29) is 41.2 Å². The number of benzene rings is 1. The number of aryl methyl sites for hydroxylation is 2. The highest BCUT2D eigenvalue weighted by Crippen LogP contribution is 2.65. The lowest BCUT2D eigenvalue weighted by atomic mass is 9.63. The normalized spacial score (nSPS) is 31.4. The van der Waals surface area contributed by atoms with E-state index in [1.807, 2.05) is 31.4 Å². The fourth-order valence-electron chi connectivity index (χ4n) is 6.42. The largest absolute Gasteiger partial charge is 0.317 e. The number of non-ortho nitro benzene ring substituents is 1. The molecule has 0 unspecified atom stereocenters. The maximum Gasteiger partial charge on any atom is 0.271 e. The van der Waals surface area contributed by atoms with Gasteiger partial charge in [-0.3, -0.25) is 19.7 Å². The van der Waals surface area contributed by atoms with Crippen LogP contribution in [0.1, 0.15) is 28.9 Å². The molecule has 2 bridgehead atoms. The second kappa shape index (κ2) is 6.73. The number of hydrazone groups is 1. The number of amides is 2. The zero-order valence-corrected chi connectivity index (χ0v) is 18.6. The van der Waals surface area contributed by atoms with Crippen LogP contribution in [-0.2, 0) is 9.59 Å². The number of hydrogen-bond acceptors (Lipinski definition) is 5. The summed E-state index contributed by atoms with van der Waals surface area (Å²) in [6.45, 7) is 5.72. The van der Waals surface area contributed by atoms with Crippen LogP contribution in [0.4, 0.5) is 5.69 Å². The molecule has 4 aliphatic carbocycles. The molecule has 7 rings (SSSR count). The summed E-state index contributed by atoms with van der Waals surface area (Å²) in [5, 5.41) is 16.7. The SMILES string of the molecule is Cc1ccc([N+](=O)[O-])cc1-n1c(C)cc(/C=N\N2C(=O)[C@@H]3[C@H]4C=C[C@@H]([C@@H]5C[C@@H]45)[C@H]3C2=O)c1C. The molecule has 8 nitrogen and oxygen atoms in total. The number of nitro groups is 1. The molecule has 2 amide bonds. The summed E-state index contributed by atoms with van der Waals surface area (Å²) in [6, 6.07) is 6.69. The van der Waals surface area contributed by atoms with Crippen LogP contribution in [0.15, 0.2) is 41.5 Å². The first-order valence-corrected chi connectivity index (χ1v) is 11.3. The number of nitro benzene ring substituents is 1. The fraction of sp³-hybridized carbons (Fsp3) is 0.400. The summed E-state index contributed by atoms with van der Waals surface area (Å²) in [5.41, 5.74) is 4.13. The average molecular weight is 444 g/mol. The molecule has 1 aromatic heterocycles. The summed E-state index contributed by atoms with van der Waals surface area (Å²) in [6.07, 6.45) is 6.98. The van der Waals surface area contributed by atoms with Crippen molar-refractivity contribution in [3.8, 4) is 5.69 Å². The van der Waals surface area contributed by atoms with Gasteiger partial charge in [0, 0.05) is 29.1 Å². The van der Waals surface area contributed by atoms with Crippen LogP contribution in [0.3, 0.4) is 0 Å². The van der Waals surface area contributed by atoms with Crippen molar-refractivity contribution >= 4 is 23.7 Å². The molecule has 168 valence electrons. The fourth-order valence-corrected chi connectivity index (χ4v) is 6.42. The molecular formula is C25H24N4O4. The number of aromatic nitrogens is 1. The van der Waals surface area contributed by atoms with Crippen LogP contribution in [0.25, 0.3) is 5.69 Å². The number of nitrogens with zero attached hydrogens (tertiary/aromatic N) is 4. The van der Waals surface area contributed by atoms with E-state index in [1.54, 1.807) is 18.3 Å². The Balaban J connectivity index is 1.32. The topological polar surface area (TPSA) is 97.8 Å². The third-order valence-corrected chi connectivity index (χ3v) is 8.07. The monoisotopic (exact) mass is 444 g/mol. The third-order valence-electron chi connectivity index (χ3n) is 8.07. The molecule has 2 aromatic rings. The standard InChI is InChI=1S/C25H24N4O4/c1-12-4-5-16(29(32)33)9-21(12)27-13(2)8-15(14(27)3)11-26-28-24(30)22-17-6-7-18(20-10-19(17)20)23(22)25(28)31/h4-9,11,17-20,22-23H,10H2,1-3H3/b26-11-/t17-,18-,19-,20-,22+,23+/m0/s1. The predicted molar refractivity (Wildman–Crippen MR) is 121 cm³/mol. The first kappa shape index (κ1) is 20.1. The molecular weight excluding hydrogens is 420 g/mol. The zero-order chi connectivity index (χ0) is 23.2. The smallest absolute Gasteiger partial charge is 0.271 e.